The molecule has 140 valence electrons. The molecular weight excluding hydrogens is 377 g/mol. The molecule has 4 nitrogen and oxygen atoms in total. The van der Waals surface area contributed by atoms with E-state index in [4.69, 9.17) is 16.6 Å². The van der Waals surface area contributed by atoms with Crippen LogP contribution in [0.2, 0.25) is 5.02 Å². The third-order valence-corrected chi connectivity index (χ3v) is 4.99. The number of rotatable bonds is 5. The molecule has 0 aliphatic carbocycles. The molecule has 2 aromatic rings. The number of halogens is 2. The van der Waals surface area contributed by atoms with Crippen molar-refractivity contribution in [3.63, 3.8) is 0 Å². The fraction of sp³-hybridized carbons (Fsp3) is 0.556. The van der Waals surface area contributed by atoms with E-state index in [1.54, 1.807) is 0 Å². The Labute approximate surface area is 165 Å². The minimum absolute atomic E-state index is 0. The van der Waals surface area contributed by atoms with Crippen LogP contribution < -0.4 is 4.90 Å². The highest BCUT2D eigenvalue weighted by atomic mass is 35.5. The van der Waals surface area contributed by atoms with Gasteiger partial charge in [-0.1, -0.05) is 43.7 Å². The Bertz CT molecular complexity index is 738. The molecule has 0 radical (unpaired) electrons. The monoisotopic (exact) mass is 403 g/mol. The zero-order valence-electron chi connectivity index (χ0n) is 15.7. The molecule has 0 spiro atoms. The van der Waals surface area contributed by atoms with Crippen molar-refractivity contribution in [3.8, 4) is 0 Å². The number of nitrogens with zero attached hydrogens (tertiary/aromatic N) is 3. The smallest absolute Gasteiger partial charge is 0.234 e. The van der Waals surface area contributed by atoms with Gasteiger partial charge in [0.2, 0.25) is 5.91 Å². The van der Waals surface area contributed by atoms with E-state index in [1.807, 2.05) is 58.8 Å². The number of aromatic nitrogens is 1. The van der Waals surface area contributed by atoms with E-state index in [0.29, 0.717) is 11.6 Å². The molecule has 1 heterocycles. The second-order valence-electron chi connectivity index (χ2n) is 7.43. The molecule has 0 saturated heterocycles. The van der Waals surface area contributed by atoms with Crippen LogP contribution >= 0.6 is 35.3 Å². The van der Waals surface area contributed by atoms with E-state index in [1.165, 1.54) is 11.3 Å². The van der Waals surface area contributed by atoms with Crippen molar-refractivity contribution in [2.45, 2.75) is 34.1 Å². The van der Waals surface area contributed by atoms with E-state index in [-0.39, 0.29) is 18.3 Å². The summed E-state index contributed by atoms with van der Waals surface area (Å²) in [6.07, 6.45) is 0.907. The topological polar surface area (TPSA) is 36.4 Å². The molecule has 0 aliphatic heterocycles. The summed E-state index contributed by atoms with van der Waals surface area (Å²) in [5.74, 6) is 0.101. The minimum atomic E-state index is -0.442. The van der Waals surface area contributed by atoms with E-state index in [0.717, 1.165) is 33.9 Å². The highest BCUT2D eigenvalue weighted by molar-refractivity contribution is 7.22. The third kappa shape index (κ3) is 5.55. The summed E-state index contributed by atoms with van der Waals surface area (Å²) in [5, 5.41) is 1.46. The van der Waals surface area contributed by atoms with Crippen molar-refractivity contribution in [1.82, 2.24) is 9.88 Å². The maximum Gasteiger partial charge on any atom is 0.234 e. The minimum Gasteiger partial charge on any atom is -0.309 e. The molecule has 1 amide bonds. The second-order valence-corrected chi connectivity index (χ2v) is 8.88. The van der Waals surface area contributed by atoms with E-state index < -0.39 is 5.41 Å². The summed E-state index contributed by atoms with van der Waals surface area (Å²) in [5.41, 5.74) is 1.53. The SMILES string of the molecule is Cc1cc(Cl)cc2sc(N(CCCN(C)C)C(=O)C(C)(C)C)nc12.Cl. The van der Waals surface area contributed by atoms with Crippen LogP contribution in [0.1, 0.15) is 32.8 Å². The van der Waals surface area contributed by atoms with Gasteiger partial charge in [-0.05, 0) is 51.7 Å². The first-order valence-corrected chi connectivity index (χ1v) is 9.32. The summed E-state index contributed by atoms with van der Waals surface area (Å²) in [6, 6.07) is 3.83. The van der Waals surface area contributed by atoms with Gasteiger partial charge in [0, 0.05) is 17.0 Å². The molecule has 2 rings (SSSR count). The number of benzene rings is 1. The second kappa shape index (κ2) is 8.67. The number of carbonyl (C=O) groups is 1. The lowest BCUT2D eigenvalue weighted by Gasteiger charge is -2.28. The van der Waals surface area contributed by atoms with Gasteiger partial charge in [-0.15, -0.1) is 12.4 Å². The maximum absolute atomic E-state index is 12.9. The highest BCUT2D eigenvalue weighted by Crippen LogP contribution is 2.34. The highest BCUT2D eigenvalue weighted by Gasteiger charge is 2.30. The van der Waals surface area contributed by atoms with Crippen LogP contribution in [0, 0.1) is 12.3 Å². The van der Waals surface area contributed by atoms with Gasteiger partial charge in [0.25, 0.3) is 0 Å². The molecule has 0 bridgehead atoms. The van der Waals surface area contributed by atoms with Crippen molar-refractivity contribution in [3.05, 3.63) is 22.7 Å². The zero-order chi connectivity index (χ0) is 18.1. The molecule has 0 N–H and O–H groups in total. The van der Waals surface area contributed by atoms with Crippen molar-refractivity contribution in [2.24, 2.45) is 5.41 Å². The molecular formula is C18H27Cl2N3OS. The number of amides is 1. The van der Waals surface area contributed by atoms with Crippen LogP contribution in [0.4, 0.5) is 5.13 Å². The number of fused-ring (bicyclic) bond motifs is 1. The summed E-state index contributed by atoms with van der Waals surface area (Å²) in [6.45, 7) is 9.45. The average Bonchev–Trinajstić information content (AvgIpc) is 2.85. The molecule has 0 unspecified atom stereocenters. The molecule has 7 heteroatoms. The van der Waals surface area contributed by atoms with Gasteiger partial charge in [-0.25, -0.2) is 4.98 Å². The number of hydrogen-bond donors (Lipinski definition) is 0. The predicted octanol–water partition coefficient (Wildman–Crippen LogP) is 5.01. The van der Waals surface area contributed by atoms with E-state index in [2.05, 4.69) is 4.90 Å². The quantitative estimate of drug-likeness (QED) is 0.703. The molecule has 0 atom stereocenters. The zero-order valence-corrected chi connectivity index (χ0v) is 18.1. The predicted molar refractivity (Wildman–Crippen MR) is 112 cm³/mol. The first-order chi connectivity index (χ1) is 11.1. The summed E-state index contributed by atoms with van der Waals surface area (Å²) in [4.78, 5) is 21.6. The van der Waals surface area contributed by atoms with Crippen LogP contribution in [-0.4, -0.2) is 43.0 Å². The summed E-state index contributed by atoms with van der Waals surface area (Å²) < 4.78 is 1.02. The lowest BCUT2D eigenvalue weighted by molar-refractivity contribution is -0.125. The fourth-order valence-corrected chi connectivity index (χ4v) is 3.94. The molecule has 0 fully saturated rings. The Hall–Kier alpha value is -0.880. The number of aryl methyl sites for hydroxylation is 1. The average molecular weight is 404 g/mol. The van der Waals surface area contributed by atoms with Crippen LogP contribution in [0.25, 0.3) is 10.2 Å². The Balaban J connectivity index is 0.00000312. The van der Waals surface area contributed by atoms with Gasteiger partial charge < -0.3 is 4.90 Å². The largest absolute Gasteiger partial charge is 0.309 e. The number of carbonyl (C=O) groups excluding carboxylic acids is 1. The lowest BCUT2D eigenvalue weighted by Crippen LogP contribution is -2.40. The Kier molecular flexibility index (Phi) is 7.69. The first kappa shape index (κ1) is 22.2. The number of thiazole rings is 1. The molecule has 1 aromatic carbocycles. The number of anilines is 1. The van der Waals surface area contributed by atoms with Gasteiger partial charge in [-0.2, -0.15) is 0 Å². The Morgan fingerprint density at radius 2 is 1.88 bits per heavy atom. The normalized spacial score (nSPS) is 11.7. The van der Waals surface area contributed by atoms with Crippen LogP contribution in [0.15, 0.2) is 12.1 Å². The van der Waals surface area contributed by atoms with Crippen molar-refractivity contribution >= 4 is 56.6 Å². The van der Waals surface area contributed by atoms with Gasteiger partial charge in [0.1, 0.15) is 0 Å². The standard InChI is InChI=1S/C18H26ClN3OS.ClH/c1-12-10-13(19)11-14-15(12)20-17(24-14)22(9-7-8-21(5)6)16(23)18(2,3)4;/h10-11H,7-9H2,1-6H3;1H. The number of hydrogen-bond acceptors (Lipinski definition) is 4. The van der Waals surface area contributed by atoms with Crippen molar-refractivity contribution < 1.29 is 4.79 Å². The van der Waals surface area contributed by atoms with Gasteiger partial charge >= 0.3 is 0 Å². The van der Waals surface area contributed by atoms with Crippen LogP contribution in [-0.2, 0) is 4.79 Å². The molecule has 1 aromatic heterocycles. The third-order valence-electron chi connectivity index (χ3n) is 3.74. The van der Waals surface area contributed by atoms with Crippen molar-refractivity contribution in [1.29, 1.82) is 0 Å². The van der Waals surface area contributed by atoms with Crippen LogP contribution in [0.5, 0.6) is 0 Å². The lowest BCUT2D eigenvalue weighted by atomic mass is 9.95. The summed E-state index contributed by atoms with van der Waals surface area (Å²) >= 11 is 7.69. The van der Waals surface area contributed by atoms with Gasteiger partial charge in [-0.3, -0.25) is 9.69 Å². The Morgan fingerprint density at radius 3 is 2.44 bits per heavy atom. The first-order valence-electron chi connectivity index (χ1n) is 8.13. The summed E-state index contributed by atoms with van der Waals surface area (Å²) in [7, 11) is 4.08. The Morgan fingerprint density at radius 1 is 1.24 bits per heavy atom. The van der Waals surface area contributed by atoms with Gasteiger partial charge in [0.05, 0.1) is 10.2 Å². The van der Waals surface area contributed by atoms with E-state index in [9.17, 15) is 4.79 Å². The van der Waals surface area contributed by atoms with Gasteiger partial charge in [0.15, 0.2) is 5.13 Å². The molecule has 25 heavy (non-hydrogen) atoms. The van der Waals surface area contributed by atoms with Crippen LogP contribution in [0.3, 0.4) is 0 Å². The van der Waals surface area contributed by atoms with Crippen molar-refractivity contribution in [2.75, 3.05) is 32.1 Å². The van der Waals surface area contributed by atoms with E-state index >= 15 is 0 Å². The maximum atomic E-state index is 12.9. The molecule has 0 aliphatic rings. The fourth-order valence-electron chi connectivity index (χ4n) is 2.49. The molecule has 0 saturated carbocycles.